The van der Waals surface area contributed by atoms with Crippen LogP contribution in [-0.4, -0.2) is 40.5 Å². The fourth-order valence-electron chi connectivity index (χ4n) is 3.76. The quantitative estimate of drug-likeness (QED) is 0.647. The third-order valence-corrected chi connectivity index (χ3v) is 5.59. The lowest BCUT2D eigenvalue weighted by molar-refractivity contribution is -0.139. The van der Waals surface area contributed by atoms with Crippen LogP contribution in [0.25, 0.3) is 11.1 Å². The van der Waals surface area contributed by atoms with E-state index in [4.69, 9.17) is 22.1 Å². The van der Waals surface area contributed by atoms with Crippen LogP contribution in [0.5, 0.6) is 0 Å². The van der Waals surface area contributed by atoms with Gasteiger partial charge in [-0.25, -0.2) is 4.98 Å². The van der Waals surface area contributed by atoms with Gasteiger partial charge in [0, 0.05) is 35.4 Å². The van der Waals surface area contributed by atoms with Crippen molar-refractivity contribution < 1.29 is 9.53 Å². The topological polar surface area (TPSA) is 81.3 Å². The molecule has 1 amide bonds. The van der Waals surface area contributed by atoms with E-state index in [0.717, 1.165) is 28.1 Å². The number of aromatic nitrogens is 2. The molecule has 1 unspecified atom stereocenters. The number of nitrogens with two attached hydrogens (primary N) is 1. The van der Waals surface area contributed by atoms with Crippen molar-refractivity contribution >= 4 is 23.3 Å². The Bertz CT molecular complexity index is 1070. The highest BCUT2D eigenvalue weighted by Crippen LogP contribution is 2.27. The first-order chi connectivity index (χ1) is 15.0. The van der Waals surface area contributed by atoms with Gasteiger partial charge >= 0.3 is 0 Å². The summed E-state index contributed by atoms with van der Waals surface area (Å²) in [5, 5.41) is 0.689. The molecular weight excluding hydrogens is 412 g/mol. The lowest BCUT2D eigenvalue weighted by Gasteiger charge is -2.33. The lowest BCUT2D eigenvalue weighted by atomic mass is 10.0. The normalized spacial score (nSPS) is 16.3. The van der Waals surface area contributed by atoms with E-state index < -0.39 is 0 Å². The number of nitrogens with zero attached hydrogens (tertiary/aromatic N) is 3. The Morgan fingerprint density at radius 2 is 2.10 bits per heavy atom. The van der Waals surface area contributed by atoms with E-state index in [9.17, 15) is 4.79 Å². The summed E-state index contributed by atoms with van der Waals surface area (Å²) in [7, 11) is 0. The van der Waals surface area contributed by atoms with Crippen LogP contribution in [-0.2, 0) is 16.0 Å². The predicted octanol–water partition coefficient (Wildman–Crippen LogP) is 4.22. The minimum atomic E-state index is -0.260. The van der Waals surface area contributed by atoms with Gasteiger partial charge in [-0.3, -0.25) is 9.78 Å². The zero-order valence-electron chi connectivity index (χ0n) is 17.4. The molecule has 0 aliphatic carbocycles. The van der Waals surface area contributed by atoms with E-state index in [1.807, 2.05) is 54.3 Å². The fraction of sp³-hybridized carbons (Fsp3) is 0.292. The van der Waals surface area contributed by atoms with Crippen LogP contribution >= 0.6 is 11.6 Å². The van der Waals surface area contributed by atoms with Crippen LogP contribution in [0, 0.1) is 6.92 Å². The monoisotopic (exact) mass is 436 g/mol. The number of halogens is 1. The summed E-state index contributed by atoms with van der Waals surface area (Å²) in [6, 6.07) is 15.4. The van der Waals surface area contributed by atoms with Gasteiger partial charge in [-0.2, -0.15) is 0 Å². The summed E-state index contributed by atoms with van der Waals surface area (Å²) in [4.78, 5) is 23.5. The molecule has 1 aliphatic heterocycles. The van der Waals surface area contributed by atoms with Gasteiger partial charge in [0.25, 0.3) is 0 Å². The third kappa shape index (κ3) is 5.40. The first kappa shape index (κ1) is 21.3. The van der Waals surface area contributed by atoms with Crippen molar-refractivity contribution in [3.8, 4) is 11.1 Å². The van der Waals surface area contributed by atoms with Gasteiger partial charge in [0.2, 0.25) is 5.91 Å². The SMILES string of the molecule is Cc1cc(-c2ccc(N)nc2)cc(C2CN(C(=O)CCc3cccc(Cl)c3)CCO2)n1. The average Bonchev–Trinajstić information content (AvgIpc) is 2.78. The Kier molecular flexibility index (Phi) is 6.49. The van der Waals surface area contributed by atoms with Gasteiger partial charge in [0.1, 0.15) is 11.9 Å². The van der Waals surface area contributed by atoms with E-state index >= 15 is 0 Å². The van der Waals surface area contributed by atoms with Gasteiger partial charge in [0.05, 0.1) is 18.8 Å². The number of ether oxygens (including phenoxy) is 1. The molecule has 0 radical (unpaired) electrons. The maximum atomic E-state index is 12.8. The second-order valence-corrected chi connectivity index (χ2v) is 8.16. The molecule has 1 aromatic carbocycles. The number of carbonyl (C=O) groups is 1. The first-order valence-corrected chi connectivity index (χ1v) is 10.7. The molecule has 4 rings (SSSR count). The minimum absolute atomic E-state index is 0.115. The van der Waals surface area contributed by atoms with E-state index in [-0.39, 0.29) is 12.0 Å². The van der Waals surface area contributed by atoms with Crippen molar-refractivity contribution in [2.75, 3.05) is 25.4 Å². The summed E-state index contributed by atoms with van der Waals surface area (Å²) in [5.41, 5.74) is 10.4. The maximum Gasteiger partial charge on any atom is 0.223 e. The Morgan fingerprint density at radius 3 is 2.87 bits per heavy atom. The molecule has 1 saturated heterocycles. The molecule has 31 heavy (non-hydrogen) atoms. The molecule has 2 N–H and O–H groups in total. The maximum absolute atomic E-state index is 12.8. The van der Waals surface area contributed by atoms with Gasteiger partial charge < -0.3 is 15.4 Å². The van der Waals surface area contributed by atoms with Crippen molar-refractivity contribution in [2.45, 2.75) is 25.9 Å². The Morgan fingerprint density at radius 1 is 1.23 bits per heavy atom. The summed E-state index contributed by atoms with van der Waals surface area (Å²) >= 11 is 6.04. The Hall–Kier alpha value is -2.96. The summed E-state index contributed by atoms with van der Waals surface area (Å²) in [6.07, 6.45) is 2.60. The van der Waals surface area contributed by atoms with Gasteiger partial charge in [-0.05, 0) is 60.9 Å². The summed E-state index contributed by atoms with van der Waals surface area (Å²) < 4.78 is 5.98. The number of nitrogen functional groups attached to an aromatic ring is 1. The molecule has 2 aromatic heterocycles. The number of aryl methyl sites for hydroxylation is 2. The first-order valence-electron chi connectivity index (χ1n) is 10.3. The van der Waals surface area contributed by atoms with Gasteiger partial charge in [-0.15, -0.1) is 0 Å². The number of rotatable bonds is 5. The van der Waals surface area contributed by atoms with E-state index in [0.29, 0.717) is 43.4 Å². The molecule has 0 spiro atoms. The molecule has 0 bridgehead atoms. The number of carbonyl (C=O) groups excluding carboxylic acids is 1. The zero-order valence-corrected chi connectivity index (χ0v) is 18.2. The number of hydrogen-bond acceptors (Lipinski definition) is 5. The van der Waals surface area contributed by atoms with Crippen LogP contribution < -0.4 is 5.73 Å². The highest BCUT2D eigenvalue weighted by molar-refractivity contribution is 6.30. The molecule has 0 saturated carbocycles. The van der Waals surface area contributed by atoms with Crippen molar-refractivity contribution in [3.05, 3.63) is 76.7 Å². The van der Waals surface area contributed by atoms with Crippen molar-refractivity contribution in [3.63, 3.8) is 0 Å². The standard InChI is InChI=1S/C24H25ClN4O2/c1-16-11-19(18-6-7-23(26)27-14-18)13-21(28-16)22-15-29(9-10-31-22)24(30)8-5-17-3-2-4-20(25)12-17/h2-4,6-7,11-14,22H,5,8-10,15H2,1H3,(H2,26,27). The molecule has 3 aromatic rings. The molecule has 1 aliphatic rings. The number of amides is 1. The highest BCUT2D eigenvalue weighted by atomic mass is 35.5. The van der Waals surface area contributed by atoms with Crippen LogP contribution in [0.2, 0.25) is 5.02 Å². The highest BCUT2D eigenvalue weighted by Gasteiger charge is 2.26. The van der Waals surface area contributed by atoms with Crippen LogP contribution in [0.15, 0.2) is 54.7 Å². The number of morpholine rings is 1. The van der Waals surface area contributed by atoms with Crippen molar-refractivity contribution in [1.29, 1.82) is 0 Å². The number of anilines is 1. The van der Waals surface area contributed by atoms with Crippen molar-refractivity contribution in [2.24, 2.45) is 0 Å². The lowest BCUT2D eigenvalue weighted by Crippen LogP contribution is -2.42. The molecule has 1 atom stereocenters. The third-order valence-electron chi connectivity index (χ3n) is 5.36. The number of pyridine rings is 2. The fourth-order valence-corrected chi connectivity index (χ4v) is 3.97. The molecule has 160 valence electrons. The number of hydrogen-bond donors (Lipinski definition) is 1. The van der Waals surface area contributed by atoms with Crippen LogP contribution in [0.3, 0.4) is 0 Å². The smallest absolute Gasteiger partial charge is 0.223 e. The molecule has 7 heteroatoms. The second kappa shape index (κ2) is 9.45. The van der Waals surface area contributed by atoms with Crippen LogP contribution in [0.4, 0.5) is 5.82 Å². The Labute approximate surface area is 187 Å². The number of benzene rings is 1. The second-order valence-electron chi connectivity index (χ2n) is 7.72. The van der Waals surface area contributed by atoms with E-state index in [1.165, 1.54) is 0 Å². The molecular formula is C24H25ClN4O2. The predicted molar refractivity (Wildman–Crippen MR) is 122 cm³/mol. The molecule has 1 fully saturated rings. The molecule has 3 heterocycles. The summed E-state index contributed by atoms with van der Waals surface area (Å²) in [6.45, 7) is 3.52. The van der Waals surface area contributed by atoms with E-state index in [1.54, 1.807) is 12.3 Å². The minimum Gasteiger partial charge on any atom is -0.384 e. The van der Waals surface area contributed by atoms with E-state index in [2.05, 4.69) is 9.97 Å². The zero-order chi connectivity index (χ0) is 21.8. The largest absolute Gasteiger partial charge is 0.384 e. The van der Waals surface area contributed by atoms with Crippen LogP contribution in [0.1, 0.15) is 29.5 Å². The average molecular weight is 437 g/mol. The van der Waals surface area contributed by atoms with Gasteiger partial charge in [0.15, 0.2) is 0 Å². The van der Waals surface area contributed by atoms with Crippen molar-refractivity contribution in [1.82, 2.24) is 14.9 Å². The van der Waals surface area contributed by atoms with Gasteiger partial charge in [-0.1, -0.05) is 23.7 Å². The summed E-state index contributed by atoms with van der Waals surface area (Å²) in [5.74, 6) is 0.598. The Balaban J connectivity index is 1.45. The molecule has 6 nitrogen and oxygen atoms in total.